The van der Waals surface area contributed by atoms with Gasteiger partial charge in [0.2, 0.25) is 0 Å². The highest BCUT2D eigenvalue weighted by atomic mass is 35.5. The van der Waals surface area contributed by atoms with E-state index in [0.29, 0.717) is 11.6 Å². The van der Waals surface area contributed by atoms with Crippen LogP contribution in [0.2, 0.25) is 5.02 Å². The lowest BCUT2D eigenvalue weighted by molar-refractivity contribution is -0.137. The largest absolute Gasteiger partial charge is 0.417 e. The Morgan fingerprint density at radius 3 is 2.08 bits per heavy atom. The summed E-state index contributed by atoms with van der Waals surface area (Å²) in [5.41, 5.74) is -0.953. The van der Waals surface area contributed by atoms with E-state index in [-0.39, 0.29) is 10.6 Å². The van der Waals surface area contributed by atoms with Gasteiger partial charge in [0.1, 0.15) is 0 Å². The average Bonchev–Trinajstić information content (AvgIpc) is 2.47. The molecular formula is C15H13ClF3NO4S2. The quantitative estimate of drug-likeness (QED) is 0.803. The molecule has 0 spiro atoms. The van der Waals surface area contributed by atoms with Gasteiger partial charge in [-0.25, -0.2) is 16.8 Å². The highest BCUT2D eigenvalue weighted by Gasteiger charge is 2.34. The number of rotatable bonds is 4. The van der Waals surface area contributed by atoms with Crippen molar-refractivity contribution in [2.24, 2.45) is 0 Å². The Kier molecular flexibility index (Phi) is 5.33. The van der Waals surface area contributed by atoms with Crippen molar-refractivity contribution in [1.29, 1.82) is 0 Å². The minimum absolute atomic E-state index is 0.0589. The van der Waals surface area contributed by atoms with Crippen LogP contribution in [0.4, 0.5) is 18.9 Å². The molecule has 0 aliphatic carbocycles. The number of sulfone groups is 1. The molecule has 0 aliphatic heterocycles. The van der Waals surface area contributed by atoms with Crippen molar-refractivity contribution < 1.29 is 30.0 Å². The second-order valence-electron chi connectivity index (χ2n) is 5.49. The van der Waals surface area contributed by atoms with Crippen LogP contribution in [0.15, 0.2) is 46.2 Å². The summed E-state index contributed by atoms with van der Waals surface area (Å²) in [5.74, 6) is 0. The summed E-state index contributed by atoms with van der Waals surface area (Å²) in [6.07, 6.45) is -3.88. The van der Waals surface area contributed by atoms with Gasteiger partial charge in [-0.15, -0.1) is 0 Å². The second kappa shape index (κ2) is 6.75. The zero-order valence-corrected chi connectivity index (χ0v) is 15.8. The number of hydrogen-bond donors (Lipinski definition) is 1. The fourth-order valence-corrected chi connectivity index (χ4v) is 4.05. The van der Waals surface area contributed by atoms with E-state index in [0.717, 1.165) is 24.5 Å². The molecule has 0 amide bonds. The Bertz CT molecular complexity index is 1060. The van der Waals surface area contributed by atoms with Crippen molar-refractivity contribution in [3.63, 3.8) is 0 Å². The van der Waals surface area contributed by atoms with Crippen LogP contribution >= 0.6 is 11.6 Å². The second-order valence-corrected chi connectivity index (χ2v) is 9.60. The minimum atomic E-state index is -4.82. The molecule has 2 aromatic carbocycles. The third-order valence-corrected chi connectivity index (χ3v) is 6.24. The van der Waals surface area contributed by atoms with Crippen LogP contribution < -0.4 is 4.72 Å². The van der Waals surface area contributed by atoms with Gasteiger partial charge in [0.15, 0.2) is 9.84 Å². The first-order valence-corrected chi connectivity index (χ1v) is 10.7. The molecule has 2 aromatic rings. The number of nitrogens with one attached hydrogen (secondary N) is 1. The van der Waals surface area contributed by atoms with E-state index in [9.17, 15) is 30.0 Å². The van der Waals surface area contributed by atoms with E-state index in [1.807, 2.05) is 0 Å². The lowest BCUT2D eigenvalue weighted by Crippen LogP contribution is -2.16. The molecule has 26 heavy (non-hydrogen) atoms. The summed E-state index contributed by atoms with van der Waals surface area (Å²) in [6, 6.07) is 5.96. The fraction of sp³-hybridized carbons (Fsp3) is 0.200. The van der Waals surface area contributed by atoms with Crippen LogP contribution in [-0.4, -0.2) is 23.1 Å². The molecule has 0 radical (unpaired) electrons. The SMILES string of the molecule is Cc1ccc(S(C)(=O)=O)cc1NS(=O)(=O)c1ccc(Cl)c(C(F)(F)F)c1. The third kappa shape index (κ3) is 4.49. The summed E-state index contributed by atoms with van der Waals surface area (Å²) in [6.45, 7) is 1.52. The Morgan fingerprint density at radius 1 is 0.962 bits per heavy atom. The Balaban J connectivity index is 2.51. The van der Waals surface area contributed by atoms with Crippen molar-refractivity contribution in [1.82, 2.24) is 0 Å². The standard InChI is InChI=1S/C15H13ClF3NO4S2/c1-9-3-4-10(25(2,21)22)8-14(9)20-26(23,24)11-5-6-13(16)12(7-11)15(17,18)19/h3-8,20H,1-2H3. The monoisotopic (exact) mass is 427 g/mol. The summed E-state index contributed by atoms with van der Waals surface area (Å²) in [7, 11) is -8.00. The minimum Gasteiger partial charge on any atom is -0.279 e. The van der Waals surface area contributed by atoms with Crippen molar-refractivity contribution in [2.45, 2.75) is 22.9 Å². The topological polar surface area (TPSA) is 80.3 Å². The lowest BCUT2D eigenvalue weighted by Gasteiger charge is -2.14. The molecule has 0 fully saturated rings. The third-order valence-electron chi connectivity index (χ3n) is 3.44. The maximum atomic E-state index is 12.9. The normalized spacial score (nSPS) is 12.8. The molecule has 0 bridgehead atoms. The van der Waals surface area contributed by atoms with Gasteiger partial charge in [-0.3, -0.25) is 4.72 Å². The van der Waals surface area contributed by atoms with Crippen LogP contribution in [0.25, 0.3) is 0 Å². The molecule has 0 heterocycles. The van der Waals surface area contributed by atoms with Gasteiger partial charge < -0.3 is 0 Å². The van der Waals surface area contributed by atoms with E-state index in [4.69, 9.17) is 11.6 Å². The molecule has 0 unspecified atom stereocenters. The molecule has 0 aromatic heterocycles. The maximum Gasteiger partial charge on any atom is 0.417 e. The number of halogens is 4. The molecule has 0 aliphatic rings. The van der Waals surface area contributed by atoms with Gasteiger partial charge in [-0.1, -0.05) is 17.7 Å². The zero-order chi connectivity index (χ0) is 19.9. The molecular weight excluding hydrogens is 415 g/mol. The summed E-state index contributed by atoms with van der Waals surface area (Å²) in [5, 5.41) is -0.633. The molecule has 1 N–H and O–H groups in total. The molecule has 142 valence electrons. The van der Waals surface area contributed by atoms with Crippen LogP contribution in [0.3, 0.4) is 0 Å². The number of alkyl halides is 3. The van der Waals surface area contributed by atoms with Crippen LogP contribution in [0, 0.1) is 6.92 Å². The molecule has 5 nitrogen and oxygen atoms in total. The van der Waals surface area contributed by atoms with Gasteiger partial charge >= 0.3 is 6.18 Å². The number of aryl methyl sites for hydroxylation is 1. The first-order chi connectivity index (χ1) is 11.7. The molecule has 0 saturated carbocycles. The predicted molar refractivity (Wildman–Crippen MR) is 91.6 cm³/mol. The van der Waals surface area contributed by atoms with Gasteiger partial charge in [-0.2, -0.15) is 13.2 Å². The molecule has 11 heteroatoms. The van der Waals surface area contributed by atoms with Gasteiger partial charge in [0.25, 0.3) is 10.0 Å². The van der Waals surface area contributed by atoms with Crippen LogP contribution in [-0.2, 0) is 26.0 Å². The van der Waals surface area contributed by atoms with E-state index in [1.165, 1.54) is 19.1 Å². The Hall–Kier alpha value is -1.78. The highest BCUT2D eigenvalue weighted by molar-refractivity contribution is 7.92. The fourth-order valence-electron chi connectivity index (χ4n) is 2.03. The van der Waals surface area contributed by atoms with Gasteiger partial charge in [-0.05, 0) is 42.8 Å². The van der Waals surface area contributed by atoms with E-state index in [1.54, 1.807) is 0 Å². The first kappa shape index (κ1) is 20.5. The Labute approximate surface area is 153 Å². The van der Waals surface area contributed by atoms with Crippen molar-refractivity contribution in [3.8, 4) is 0 Å². The van der Waals surface area contributed by atoms with Crippen molar-refractivity contribution in [2.75, 3.05) is 11.0 Å². The number of anilines is 1. The number of benzene rings is 2. The van der Waals surface area contributed by atoms with E-state index >= 15 is 0 Å². The van der Waals surface area contributed by atoms with Crippen molar-refractivity contribution in [3.05, 3.63) is 52.5 Å². The number of hydrogen-bond acceptors (Lipinski definition) is 4. The summed E-state index contributed by atoms with van der Waals surface area (Å²) in [4.78, 5) is -0.786. The first-order valence-electron chi connectivity index (χ1n) is 6.92. The molecule has 0 saturated heterocycles. The Morgan fingerprint density at radius 2 is 1.54 bits per heavy atom. The zero-order valence-electron chi connectivity index (χ0n) is 13.4. The number of sulfonamides is 1. The van der Waals surface area contributed by atoms with E-state index in [2.05, 4.69) is 4.72 Å². The highest BCUT2D eigenvalue weighted by Crippen LogP contribution is 2.36. The van der Waals surface area contributed by atoms with Crippen molar-refractivity contribution >= 4 is 37.1 Å². The maximum absolute atomic E-state index is 12.9. The van der Waals surface area contributed by atoms with Crippen LogP contribution in [0.5, 0.6) is 0 Å². The van der Waals surface area contributed by atoms with Gasteiger partial charge in [0, 0.05) is 6.26 Å². The summed E-state index contributed by atoms with van der Waals surface area (Å²) < 4.78 is 89.0. The predicted octanol–water partition coefficient (Wildman–Crippen LogP) is 3.87. The van der Waals surface area contributed by atoms with E-state index < -0.39 is 41.5 Å². The average molecular weight is 428 g/mol. The molecule has 2 rings (SSSR count). The van der Waals surface area contributed by atoms with Crippen LogP contribution in [0.1, 0.15) is 11.1 Å². The summed E-state index contributed by atoms with van der Waals surface area (Å²) >= 11 is 5.49. The lowest BCUT2D eigenvalue weighted by atomic mass is 10.2. The molecule has 0 atom stereocenters. The smallest absolute Gasteiger partial charge is 0.279 e. The van der Waals surface area contributed by atoms with Gasteiger partial charge in [0.05, 0.1) is 26.1 Å².